The zero-order valence-corrected chi connectivity index (χ0v) is 19.0. The van der Waals surface area contributed by atoms with E-state index in [0.717, 1.165) is 12.0 Å². The van der Waals surface area contributed by atoms with Gasteiger partial charge in [-0.15, -0.1) is 0 Å². The molecule has 0 fully saturated rings. The van der Waals surface area contributed by atoms with Gasteiger partial charge in [-0.3, -0.25) is 4.79 Å². The van der Waals surface area contributed by atoms with Crippen LogP contribution < -0.4 is 15.1 Å². The van der Waals surface area contributed by atoms with E-state index < -0.39 is 0 Å². The molecule has 2 aromatic rings. The highest BCUT2D eigenvalue weighted by Crippen LogP contribution is 2.44. The van der Waals surface area contributed by atoms with Crippen LogP contribution in [0.1, 0.15) is 58.1 Å². The van der Waals surface area contributed by atoms with Crippen molar-refractivity contribution in [2.24, 2.45) is 5.10 Å². The van der Waals surface area contributed by atoms with E-state index in [4.69, 9.17) is 16.3 Å². The molecule has 30 heavy (non-hydrogen) atoms. The minimum atomic E-state index is -0.328. The van der Waals surface area contributed by atoms with Gasteiger partial charge in [0.05, 0.1) is 6.21 Å². The Bertz CT molecular complexity index is 940. The van der Waals surface area contributed by atoms with Crippen LogP contribution in [0, 0.1) is 0 Å². The summed E-state index contributed by atoms with van der Waals surface area (Å²) in [6.07, 6.45) is 2.76. The predicted octanol–water partition coefficient (Wildman–Crippen LogP) is 5.37. The maximum atomic E-state index is 12.0. The van der Waals surface area contributed by atoms with Gasteiger partial charge in [0, 0.05) is 22.3 Å². The summed E-state index contributed by atoms with van der Waals surface area (Å²) in [6, 6.07) is 13.7. The van der Waals surface area contributed by atoms with Gasteiger partial charge in [0.1, 0.15) is 5.75 Å². The van der Waals surface area contributed by atoms with Gasteiger partial charge in [-0.1, -0.05) is 30.7 Å². The number of hydrazone groups is 1. The second-order valence-electron chi connectivity index (χ2n) is 8.74. The third-order valence-electron chi connectivity index (χ3n) is 5.39. The molecule has 1 N–H and O–H groups in total. The van der Waals surface area contributed by atoms with Crippen molar-refractivity contribution in [3.8, 4) is 5.75 Å². The van der Waals surface area contributed by atoms with Gasteiger partial charge in [0.15, 0.2) is 6.61 Å². The second-order valence-corrected chi connectivity index (χ2v) is 9.18. The smallest absolute Gasteiger partial charge is 0.277 e. The number of amides is 1. The van der Waals surface area contributed by atoms with E-state index in [2.05, 4.69) is 62.2 Å². The molecule has 0 saturated carbocycles. The van der Waals surface area contributed by atoms with E-state index in [1.54, 1.807) is 30.5 Å². The number of nitrogens with zero attached hydrogens (tertiary/aromatic N) is 2. The fourth-order valence-electron chi connectivity index (χ4n) is 4.44. The number of carbonyl (C=O) groups excluding carboxylic acids is 1. The standard InChI is InChI=1S/C24H30ClN3O2/c1-16(2)28-22-10-9-18(11-21(22)17(3)13-24(28,4)5)14-26-27-23(29)15-30-20-8-6-7-19(25)12-20/h6-12,14,16-17H,13,15H2,1-5H3,(H,27,29)/b26-14+/t17-/m0/s1. The number of nitrogens with one attached hydrogen (secondary N) is 1. The summed E-state index contributed by atoms with van der Waals surface area (Å²) < 4.78 is 5.42. The summed E-state index contributed by atoms with van der Waals surface area (Å²) in [4.78, 5) is 14.5. The van der Waals surface area contributed by atoms with E-state index in [1.165, 1.54) is 11.3 Å². The quantitative estimate of drug-likeness (QED) is 0.498. The molecule has 160 valence electrons. The number of carbonyl (C=O) groups is 1. The minimum absolute atomic E-state index is 0.118. The lowest BCUT2D eigenvalue weighted by atomic mass is 9.79. The molecule has 0 radical (unpaired) electrons. The van der Waals surface area contributed by atoms with E-state index in [0.29, 0.717) is 22.7 Å². The number of benzene rings is 2. The Hall–Kier alpha value is -2.53. The fourth-order valence-corrected chi connectivity index (χ4v) is 4.63. The van der Waals surface area contributed by atoms with Crippen LogP contribution in [0.25, 0.3) is 0 Å². The van der Waals surface area contributed by atoms with Crippen LogP contribution in [-0.4, -0.2) is 30.3 Å². The van der Waals surface area contributed by atoms with Crippen LogP contribution in [0.15, 0.2) is 47.6 Å². The lowest BCUT2D eigenvalue weighted by molar-refractivity contribution is -0.123. The fraction of sp³-hybridized carbons (Fsp3) is 0.417. The first-order valence-electron chi connectivity index (χ1n) is 10.3. The first-order chi connectivity index (χ1) is 14.2. The molecule has 0 saturated heterocycles. The molecular formula is C24H30ClN3O2. The first kappa shape index (κ1) is 22.2. The van der Waals surface area contributed by atoms with Crippen molar-refractivity contribution < 1.29 is 9.53 Å². The summed E-state index contributed by atoms with van der Waals surface area (Å²) in [7, 11) is 0. The number of rotatable bonds is 6. The van der Waals surface area contributed by atoms with E-state index in [1.807, 2.05) is 6.07 Å². The molecule has 1 aliphatic heterocycles. The van der Waals surface area contributed by atoms with Gasteiger partial charge in [0.2, 0.25) is 0 Å². The maximum Gasteiger partial charge on any atom is 0.277 e. The van der Waals surface area contributed by atoms with Crippen LogP contribution >= 0.6 is 11.6 Å². The van der Waals surface area contributed by atoms with Crippen molar-refractivity contribution in [2.45, 2.75) is 58.5 Å². The van der Waals surface area contributed by atoms with Gasteiger partial charge < -0.3 is 9.64 Å². The highest BCUT2D eigenvalue weighted by atomic mass is 35.5. The number of hydrogen-bond donors (Lipinski definition) is 1. The molecule has 3 rings (SSSR count). The Morgan fingerprint density at radius 2 is 2.10 bits per heavy atom. The molecule has 1 heterocycles. The highest BCUT2D eigenvalue weighted by Gasteiger charge is 2.37. The molecule has 0 unspecified atom stereocenters. The minimum Gasteiger partial charge on any atom is -0.484 e. The topological polar surface area (TPSA) is 53.9 Å². The van der Waals surface area contributed by atoms with Crippen molar-refractivity contribution in [1.29, 1.82) is 0 Å². The summed E-state index contributed by atoms with van der Waals surface area (Å²) >= 11 is 5.91. The molecule has 1 atom stereocenters. The summed E-state index contributed by atoms with van der Waals surface area (Å²) in [5.74, 6) is 0.673. The first-order valence-corrected chi connectivity index (χ1v) is 10.7. The Labute approximate surface area is 184 Å². The largest absolute Gasteiger partial charge is 0.484 e. The molecule has 6 heteroatoms. The number of halogens is 1. The number of anilines is 1. The van der Waals surface area contributed by atoms with Gasteiger partial charge in [-0.2, -0.15) is 5.10 Å². The average molecular weight is 428 g/mol. The molecule has 2 aromatic carbocycles. The molecule has 1 aliphatic rings. The van der Waals surface area contributed by atoms with E-state index in [-0.39, 0.29) is 18.1 Å². The SMILES string of the molecule is CC(C)N1c2ccc(/C=N/NC(=O)COc3cccc(Cl)c3)cc2[C@@H](C)CC1(C)C. The van der Waals surface area contributed by atoms with Gasteiger partial charge in [-0.05, 0) is 81.5 Å². The molecule has 1 amide bonds. The zero-order chi connectivity index (χ0) is 21.9. The predicted molar refractivity (Wildman–Crippen MR) is 124 cm³/mol. The molecule has 5 nitrogen and oxygen atoms in total. The monoisotopic (exact) mass is 427 g/mol. The lowest BCUT2D eigenvalue weighted by Gasteiger charge is -2.50. The second kappa shape index (κ2) is 9.09. The van der Waals surface area contributed by atoms with Crippen molar-refractivity contribution in [3.63, 3.8) is 0 Å². The average Bonchev–Trinajstić information content (AvgIpc) is 2.66. The normalized spacial score (nSPS) is 17.8. The number of fused-ring (bicyclic) bond motifs is 1. The third-order valence-corrected chi connectivity index (χ3v) is 5.62. The van der Waals surface area contributed by atoms with Gasteiger partial charge in [-0.25, -0.2) is 5.43 Å². The summed E-state index contributed by atoms with van der Waals surface area (Å²) in [6.45, 7) is 11.2. The molecule has 0 aromatic heterocycles. The van der Waals surface area contributed by atoms with E-state index >= 15 is 0 Å². The molecular weight excluding hydrogens is 398 g/mol. The van der Waals surface area contributed by atoms with Crippen molar-refractivity contribution in [2.75, 3.05) is 11.5 Å². The molecule has 0 aliphatic carbocycles. The van der Waals surface area contributed by atoms with Crippen molar-refractivity contribution in [1.82, 2.24) is 5.43 Å². The number of ether oxygens (including phenoxy) is 1. The lowest BCUT2D eigenvalue weighted by Crippen LogP contribution is -2.51. The van der Waals surface area contributed by atoms with Crippen LogP contribution in [0.2, 0.25) is 5.02 Å². The maximum absolute atomic E-state index is 12.0. The van der Waals surface area contributed by atoms with Crippen LogP contribution in [0.3, 0.4) is 0 Å². The Kier molecular flexibility index (Phi) is 6.71. The summed E-state index contributed by atoms with van der Waals surface area (Å²) in [5.41, 5.74) is 6.19. The zero-order valence-electron chi connectivity index (χ0n) is 18.3. The highest BCUT2D eigenvalue weighted by molar-refractivity contribution is 6.30. The van der Waals surface area contributed by atoms with Crippen LogP contribution in [0.4, 0.5) is 5.69 Å². The van der Waals surface area contributed by atoms with Gasteiger partial charge in [0.25, 0.3) is 5.91 Å². The molecule has 0 spiro atoms. The van der Waals surface area contributed by atoms with E-state index in [9.17, 15) is 4.79 Å². The van der Waals surface area contributed by atoms with Crippen LogP contribution in [0.5, 0.6) is 5.75 Å². The summed E-state index contributed by atoms with van der Waals surface area (Å²) in [5, 5.41) is 4.65. The Morgan fingerprint density at radius 3 is 2.80 bits per heavy atom. The Morgan fingerprint density at radius 1 is 1.33 bits per heavy atom. The van der Waals surface area contributed by atoms with Crippen molar-refractivity contribution >= 4 is 29.4 Å². The van der Waals surface area contributed by atoms with Crippen molar-refractivity contribution in [3.05, 3.63) is 58.6 Å². The Balaban J connectivity index is 1.64. The molecule has 0 bridgehead atoms. The third kappa shape index (κ3) is 5.14. The van der Waals surface area contributed by atoms with Gasteiger partial charge >= 0.3 is 0 Å². The van der Waals surface area contributed by atoms with Crippen LogP contribution in [-0.2, 0) is 4.79 Å². The number of hydrogen-bond acceptors (Lipinski definition) is 4.